The molecule has 2 aromatic carbocycles. The van der Waals surface area contributed by atoms with E-state index in [2.05, 4.69) is 24.3 Å². The molecule has 2 amide bonds. The first-order valence-corrected chi connectivity index (χ1v) is 10.4. The number of nitrogens with one attached hydrogen (secondary N) is 1. The number of aromatic nitrogens is 2. The summed E-state index contributed by atoms with van der Waals surface area (Å²) in [6, 6.07) is 15.0. The molecule has 1 N–H and O–H groups in total. The number of halogens is 1. The molecule has 1 spiro atoms. The van der Waals surface area contributed by atoms with Crippen molar-refractivity contribution in [3.05, 3.63) is 70.9 Å². The third-order valence-corrected chi connectivity index (χ3v) is 6.13. The average Bonchev–Trinajstić information content (AvgIpc) is 3.23. The lowest BCUT2D eigenvalue weighted by atomic mass is 9.72. The van der Waals surface area contributed by atoms with E-state index in [4.69, 9.17) is 11.6 Å². The lowest BCUT2D eigenvalue weighted by Gasteiger charge is -2.32. The van der Waals surface area contributed by atoms with Gasteiger partial charge < -0.3 is 10.2 Å². The molecule has 0 unspecified atom stereocenters. The highest BCUT2D eigenvalue weighted by atomic mass is 35.5. The molecule has 1 atom stereocenters. The SMILES string of the molecule is CC(C)CN1C(=O)[C@]2(CC(=O)Nc3c2cnn3-c2ccccc2Cl)c2ccccc21. The van der Waals surface area contributed by atoms with E-state index in [9.17, 15) is 9.59 Å². The molecule has 7 heteroatoms. The van der Waals surface area contributed by atoms with E-state index in [0.29, 0.717) is 34.6 Å². The van der Waals surface area contributed by atoms with Crippen molar-refractivity contribution in [1.82, 2.24) is 9.78 Å². The number of para-hydroxylation sites is 2. The molecule has 3 aromatic rings. The summed E-state index contributed by atoms with van der Waals surface area (Å²) in [7, 11) is 0. The maximum Gasteiger partial charge on any atom is 0.242 e. The van der Waals surface area contributed by atoms with E-state index in [1.807, 2.05) is 47.4 Å². The molecule has 0 aliphatic carbocycles. The van der Waals surface area contributed by atoms with Crippen molar-refractivity contribution >= 4 is 34.9 Å². The highest BCUT2D eigenvalue weighted by Crippen LogP contribution is 2.52. The van der Waals surface area contributed by atoms with E-state index < -0.39 is 5.41 Å². The zero-order chi connectivity index (χ0) is 21.0. The summed E-state index contributed by atoms with van der Waals surface area (Å²) in [5.41, 5.74) is 1.98. The topological polar surface area (TPSA) is 67.2 Å². The third kappa shape index (κ3) is 2.53. The Bertz CT molecular complexity index is 1190. The van der Waals surface area contributed by atoms with E-state index >= 15 is 0 Å². The maximum atomic E-state index is 13.9. The predicted octanol–water partition coefficient (Wildman–Crippen LogP) is 4.16. The largest absolute Gasteiger partial charge is 0.311 e. The molecule has 0 bridgehead atoms. The van der Waals surface area contributed by atoms with Crippen LogP contribution in [0.25, 0.3) is 5.69 Å². The zero-order valence-corrected chi connectivity index (χ0v) is 17.5. The van der Waals surface area contributed by atoms with Gasteiger partial charge in [-0.15, -0.1) is 0 Å². The van der Waals surface area contributed by atoms with Gasteiger partial charge in [0.1, 0.15) is 11.2 Å². The Morgan fingerprint density at radius 2 is 1.77 bits per heavy atom. The van der Waals surface area contributed by atoms with Gasteiger partial charge in [-0.2, -0.15) is 5.10 Å². The van der Waals surface area contributed by atoms with E-state index in [1.165, 1.54) is 0 Å². The summed E-state index contributed by atoms with van der Waals surface area (Å²) in [4.78, 5) is 28.6. The molecular weight excluding hydrogens is 400 g/mol. The second-order valence-electron chi connectivity index (χ2n) is 8.23. The number of carbonyl (C=O) groups excluding carboxylic acids is 2. The lowest BCUT2D eigenvalue weighted by Crippen LogP contribution is -2.47. The maximum absolute atomic E-state index is 13.9. The van der Waals surface area contributed by atoms with Gasteiger partial charge in [-0.3, -0.25) is 9.59 Å². The molecule has 0 fully saturated rings. The fraction of sp³-hybridized carbons (Fsp3) is 0.261. The van der Waals surface area contributed by atoms with Gasteiger partial charge in [0.2, 0.25) is 11.8 Å². The molecule has 0 saturated carbocycles. The lowest BCUT2D eigenvalue weighted by molar-refractivity contribution is -0.126. The molecule has 5 rings (SSSR count). The van der Waals surface area contributed by atoms with Crippen LogP contribution >= 0.6 is 11.6 Å². The minimum absolute atomic E-state index is 0.0542. The fourth-order valence-electron chi connectivity index (χ4n) is 4.60. The van der Waals surface area contributed by atoms with Crippen molar-refractivity contribution in [2.75, 3.05) is 16.8 Å². The molecule has 0 radical (unpaired) electrons. The number of fused-ring (bicyclic) bond motifs is 4. The zero-order valence-electron chi connectivity index (χ0n) is 16.7. The average molecular weight is 421 g/mol. The monoisotopic (exact) mass is 420 g/mol. The van der Waals surface area contributed by atoms with Crippen LogP contribution in [0.1, 0.15) is 31.4 Å². The molecule has 2 aliphatic rings. The third-order valence-electron chi connectivity index (χ3n) is 5.81. The number of hydrogen-bond acceptors (Lipinski definition) is 3. The molecule has 1 aromatic heterocycles. The van der Waals surface area contributed by atoms with Gasteiger partial charge in [0, 0.05) is 24.2 Å². The Kier molecular flexibility index (Phi) is 4.22. The van der Waals surface area contributed by atoms with Gasteiger partial charge >= 0.3 is 0 Å². The highest BCUT2D eigenvalue weighted by molar-refractivity contribution is 6.32. The van der Waals surface area contributed by atoms with E-state index in [-0.39, 0.29) is 18.2 Å². The summed E-state index contributed by atoms with van der Waals surface area (Å²) in [6.45, 7) is 4.75. The summed E-state index contributed by atoms with van der Waals surface area (Å²) < 4.78 is 1.61. The molecule has 30 heavy (non-hydrogen) atoms. The smallest absolute Gasteiger partial charge is 0.242 e. The molecule has 6 nitrogen and oxygen atoms in total. The summed E-state index contributed by atoms with van der Waals surface area (Å²) in [5, 5.41) is 7.96. The van der Waals surface area contributed by atoms with Crippen molar-refractivity contribution in [1.29, 1.82) is 0 Å². The minimum atomic E-state index is -1.08. The minimum Gasteiger partial charge on any atom is -0.311 e. The number of nitrogens with zero attached hydrogens (tertiary/aromatic N) is 3. The standard InChI is InChI=1S/C23H21ClN4O2/c1-14(2)13-27-18-9-5-3-7-15(18)23(22(27)30)11-20(29)26-21-16(23)12-25-28(21)19-10-6-4-8-17(19)24/h3-10,12,14H,11,13H2,1-2H3,(H,26,29)/t23-/m1/s1. The fourth-order valence-corrected chi connectivity index (χ4v) is 4.82. The Morgan fingerprint density at radius 1 is 1.07 bits per heavy atom. The van der Waals surface area contributed by atoms with Crippen molar-refractivity contribution in [3.63, 3.8) is 0 Å². The van der Waals surface area contributed by atoms with Crippen LogP contribution in [0.15, 0.2) is 54.7 Å². The van der Waals surface area contributed by atoms with E-state index in [1.54, 1.807) is 16.9 Å². The Morgan fingerprint density at radius 3 is 2.50 bits per heavy atom. The Labute approximate surface area is 179 Å². The number of carbonyl (C=O) groups is 2. The quantitative estimate of drug-likeness (QED) is 0.691. The number of hydrogen-bond donors (Lipinski definition) is 1. The number of rotatable bonds is 3. The number of amides is 2. The second-order valence-corrected chi connectivity index (χ2v) is 8.63. The van der Waals surface area contributed by atoms with Crippen LogP contribution in [0.2, 0.25) is 5.02 Å². The number of benzene rings is 2. The second kappa shape index (κ2) is 6.71. The summed E-state index contributed by atoms with van der Waals surface area (Å²) in [5.74, 6) is 0.492. The van der Waals surface area contributed by atoms with Crippen LogP contribution in [0.3, 0.4) is 0 Å². The van der Waals surface area contributed by atoms with Crippen LogP contribution in [-0.4, -0.2) is 28.1 Å². The van der Waals surface area contributed by atoms with Gasteiger partial charge in [-0.25, -0.2) is 4.68 Å². The van der Waals surface area contributed by atoms with Crippen LogP contribution in [0, 0.1) is 5.92 Å². The van der Waals surface area contributed by atoms with Gasteiger partial charge in [-0.05, 0) is 29.7 Å². The van der Waals surface area contributed by atoms with Gasteiger partial charge in [0.15, 0.2) is 0 Å². The normalized spacial score (nSPS) is 19.9. The number of anilines is 2. The van der Waals surface area contributed by atoms with Gasteiger partial charge in [0.25, 0.3) is 0 Å². The van der Waals surface area contributed by atoms with Gasteiger partial charge in [-0.1, -0.05) is 55.8 Å². The van der Waals surface area contributed by atoms with Crippen molar-refractivity contribution in [3.8, 4) is 5.69 Å². The van der Waals surface area contributed by atoms with Crippen LogP contribution in [0.4, 0.5) is 11.5 Å². The molecule has 2 aliphatic heterocycles. The van der Waals surface area contributed by atoms with Crippen LogP contribution in [0.5, 0.6) is 0 Å². The predicted molar refractivity (Wildman–Crippen MR) is 116 cm³/mol. The molecule has 152 valence electrons. The Hall–Kier alpha value is -3.12. The van der Waals surface area contributed by atoms with Crippen molar-refractivity contribution < 1.29 is 9.59 Å². The molecule has 0 saturated heterocycles. The van der Waals surface area contributed by atoms with Crippen molar-refractivity contribution in [2.45, 2.75) is 25.7 Å². The molecular formula is C23H21ClN4O2. The molecule has 3 heterocycles. The first-order chi connectivity index (χ1) is 14.4. The van der Waals surface area contributed by atoms with Crippen LogP contribution in [-0.2, 0) is 15.0 Å². The highest BCUT2D eigenvalue weighted by Gasteiger charge is 2.57. The van der Waals surface area contributed by atoms with Gasteiger partial charge in [0.05, 0.1) is 16.9 Å². The van der Waals surface area contributed by atoms with Crippen molar-refractivity contribution in [2.24, 2.45) is 5.92 Å². The summed E-state index contributed by atoms with van der Waals surface area (Å²) in [6.07, 6.45) is 1.74. The summed E-state index contributed by atoms with van der Waals surface area (Å²) >= 11 is 6.39. The van der Waals surface area contributed by atoms with E-state index in [0.717, 1.165) is 11.3 Å². The first-order valence-electron chi connectivity index (χ1n) is 9.98. The first kappa shape index (κ1) is 18.9. The van der Waals surface area contributed by atoms with Crippen LogP contribution < -0.4 is 10.2 Å². The Balaban J connectivity index is 1.75.